The zero-order valence-corrected chi connectivity index (χ0v) is 4.89. The lowest BCUT2D eigenvalue weighted by Crippen LogP contribution is -2.23. The maximum atomic E-state index is 11.4. The topological polar surface area (TPSA) is 12.0 Å². The van der Waals surface area contributed by atoms with Gasteiger partial charge in [0.05, 0.1) is 0 Å². The first-order valence-corrected chi connectivity index (χ1v) is 2.19. The van der Waals surface area contributed by atoms with Crippen LogP contribution in [-0.2, 0) is 0 Å². The molecule has 0 aliphatic carbocycles. The third kappa shape index (κ3) is 2.20. The molecule has 0 aromatic heterocycles. The van der Waals surface area contributed by atoms with E-state index in [2.05, 4.69) is 0 Å². The number of halogens is 5. The van der Waals surface area contributed by atoms with Gasteiger partial charge in [0.2, 0.25) is 0 Å². The van der Waals surface area contributed by atoms with Gasteiger partial charge in [-0.05, 0) is 0 Å². The van der Waals surface area contributed by atoms with Crippen molar-refractivity contribution in [2.45, 2.75) is 6.18 Å². The number of alkyl halides is 3. The summed E-state index contributed by atoms with van der Waals surface area (Å²) in [6, 6.07) is 0. The molecular weight excluding hydrogens is 157 g/mol. The summed E-state index contributed by atoms with van der Waals surface area (Å²) in [6.45, 7) is 0. The molecule has 0 amide bonds. The second kappa shape index (κ2) is 2.85. The lowest BCUT2D eigenvalue weighted by Gasteiger charge is -2.08. The van der Waals surface area contributed by atoms with Crippen LogP contribution in [0.3, 0.4) is 0 Å². The quantitative estimate of drug-likeness (QED) is 0.579. The summed E-state index contributed by atoms with van der Waals surface area (Å²) in [6.07, 6.45) is -7.75. The molecule has 0 radical (unpaired) electrons. The fourth-order valence-electron chi connectivity index (χ4n) is 0.343. The summed E-state index contributed by atoms with van der Waals surface area (Å²) in [7, 11) is 0.780. The molecule has 0 heterocycles. The third-order valence-electron chi connectivity index (χ3n) is 0.722. The van der Waals surface area contributed by atoms with Crippen molar-refractivity contribution in [3.8, 4) is 0 Å². The van der Waals surface area contributed by atoms with Gasteiger partial charge in [-0.25, -0.2) is 0 Å². The Morgan fingerprint density at radius 1 is 1.20 bits per heavy atom. The van der Waals surface area contributed by atoms with E-state index in [-0.39, 0.29) is 0 Å². The van der Waals surface area contributed by atoms with Crippen LogP contribution in [0.4, 0.5) is 22.0 Å². The number of hydrogen-bond acceptors (Lipinski definition) is 1. The Morgan fingerprint density at radius 3 is 1.60 bits per heavy atom. The van der Waals surface area contributed by atoms with E-state index in [0.29, 0.717) is 0 Å². The highest BCUT2D eigenvalue weighted by atomic mass is 19.4. The van der Waals surface area contributed by atoms with Gasteiger partial charge in [0.25, 0.3) is 6.08 Å². The monoisotopic (exact) mass is 161 g/mol. The lowest BCUT2D eigenvalue weighted by atomic mass is 10.5. The van der Waals surface area contributed by atoms with Crippen LogP contribution < -0.4 is 5.32 Å². The predicted octanol–water partition coefficient (Wildman–Crippen LogP) is 1.88. The average molecular weight is 161 g/mol. The van der Waals surface area contributed by atoms with Crippen molar-refractivity contribution in [1.82, 2.24) is 5.32 Å². The van der Waals surface area contributed by atoms with Crippen LogP contribution in [0, 0.1) is 0 Å². The largest absolute Gasteiger partial charge is 0.436 e. The van der Waals surface area contributed by atoms with Crippen molar-refractivity contribution in [1.29, 1.82) is 0 Å². The van der Waals surface area contributed by atoms with Gasteiger partial charge >= 0.3 is 6.18 Å². The molecule has 0 aromatic rings. The Labute approximate surface area is 53.5 Å². The van der Waals surface area contributed by atoms with Gasteiger partial charge in [0.1, 0.15) is 0 Å². The minimum atomic E-state index is -4.99. The number of hydrogen-bond donors (Lipinski definition) is 1. The maximum absolute atomic E-state index is 11.4. The Hall–Kier alpha value is -0.810. The second-order valence-electron chi connectivity index (χ2n) is 1.38. The van der Waals surface area contributed by atoms with E-state index in [0.717, 1.165) is 7.05 Å². The van der Waals surface area contributed by atoms with Crippen LogP contribution in [-0.4, -0.2) is 13.2 Å². The van der Waals surface area contributed by atoms with Gasteiger partial charge in [-0.3, -0.25) is 0 Å². The Bertz CT molecular complexity index is 142. The Balaban J connectivity index is 4.55. The summed E-state index contributed by atoms with van der Waals surface area (Å²) in [5, 5.41) is 1.35. The molecule has 1 N–H and O–H groups in total. The van der Waals surface area contributed by atoms with Crippen LogP contribution >= 0.6 is 0 Å². The lowest BCUT2D eigenvalue weighted by molar-refractivity contribution is -0.0997. The molecule has 6 heteroatoms. The zero-order valence-electron chi connectivity index (χ0n) is 4.89. The molecule has 60 valence electrons. The molecule has 0 aliphatic heterocycles. The van der Waals surface area contributed by atoms with E-state index >= 15 is 0 Å². The summed E-state index contributed by atoms with van der Waals surface area (Å²) in [4.78, 5) is 0. The van der Waals surface area contributed by atoms with Crippen LogP contribution in [0.1, 0.15) is 0 Å². The molecule has 0 aliphatic rings. The minimum absolute atomic E-state index is 0.780. The molecular formula is C4H4F5N. The molecule has 0 aromatic carbocycles. The summed E-state index contributed by atoms with van der Waals surface area (Å²) in [5.41, 5.74) is -1.99. The SMILES string of the molecule is CNC(=C(F)F)C(F)(F)F. The smallest absolute Gasteiger partial charge is 0.380 e. The molecule has 0 bridgehead atoms. The fourth-order valence-corrected chi connectivity index (χ4v) is 0.343. The minimum Gasteiger partial charge on any atom is -0.380 e. The first-order valence-electron chi connectivity index (χ1n) is 2.19. The van der Waals surface area contributed by atoms with Crippen LogP contribution in [0.15, 0.2) is 11.8 Å². The van der Waals surface area contributed by atoms with E-state index in [1.165, 1.54) is 5.32 Å². The number of nitrogens with one attached hydrogen (secondary N) is 1. The van der Waals surface area contributed by atoms with Crippen LogP contribution in [0.25, 0.3) is 0 Å². The molecule has 0 rings (SSSR count). The maximum Gasteiger partial charge on any atom is 0.436 e. The Morgan fingerprint density at radius 2 is 1.60 bits per heavy atom. The zero-order chi connectivity index (χ0) is 8.36. The highest BCUT2D eigenvalue weighted by molar-refractivity contribution is 5.05. The first kappa shape index (κ1) is 9.19. The Kier molecular flexibility index (Phi) is 2.62. The molecule has 10 heavy (non-hydrogen) atoms. The molecule has 0 spiro atoms. The van der Waals surface area contributed by atoms with Crippen LogP contribution in [0.2, 0.25) is 0 Å². The van der Waals surface area contributed by atoms with E-state index < -0.39 is 18.0 Å². The van der Waals surface area contributed by atoms with Crippen molar-refractivity contribution < 1.29 is 22.0 Å². The molecule has 0 saturated heterocycles. The number of rotatable bonds is 1. The second-order valence-corrected chi connectivity index (χ2v) is 1.38. The van der Waals surface area contributed by atoms with Gasteiger partial charge in [-0.15, -0.1) is 0 Å². The van der Waals surface area contributed by atoms with Gasteiger partial charge in [0.15, 0.2) is 5.70 Å². The van der Waals surface area contributed by atoms with E-state index in [4.69, 9.17) is 0 Å². The summed E-state index contributed by atoms with van der Waals surface area (Å²) in [5.74, 6) is 0. The van der Waals surface area contributed by atoms with E-state index in [1.807, 2.05) is 0 Å². The fraction of sp³-hybridized carbons (Fsp3) is 0.500. The van der Waals surface area contributed by atoms with Crippen molar-refractivity contribution in [3.05, 3.63) is 11.8 Å². The standard InChI is InChI=1S/C4H4F5N/c1-10-2(3(5)6)4(7,8)9/h10H,1H3. The van der Waals surface area contributed by atoms with Crippen molar-refractivity contribution >= 4 is 0 Å². The van der Waals surface area contributed by atoms with Crippen LogP contribution in [0.5, 0.6) is 0 Å². The van der Waals surface area contributed by atoms with Gasteiger partial charge in [0, 0.05) is 7.05 Å². The van der Waals surface area contributed by atoms with Gasteiger partial charge < -0.3 is 5.32 Å². The summed E-state index contributed by atoms with van der Waals surface area (Å²) < 4.78 is 56.7. The molecule has 0 saturated carbocycles. The molecule has 0 atom stereocenters. The first-order chi connectivity index (χ1) is 4.39. The highest BCUT2D eigenvalue weighted by Crippen LogP contribution is 2.26. The van der Waals surface area contributed by atoms with Crippen molar-refractivity contribution in [3.63, 3.8) is 0 Å². The van der Waals surface area contributed by atoms with Crippen molar-refractivity contribution in [2.24, 2.45) is 0 Å². The molecule has 0 unspecified atom stereocenters. The highest BCUT2D eigenvalue weighted by Gasteiger charge is 2.37. The third-order valence-corrected chi connectivity index (χ3v) is 0.722. The molecule has 1 nitrogen and oxygen atoms in total. The predicted molar refractivity (Wildman–Crippen MR) is 24.4 cm³/mol. The van der Waals surface area contributed by atoms with Crippen molar-refractivity contribution in [2.75, 3.05) is 7.05 Å². The van der Waals surface area contributed by atoms with E-state index in [9.17, 15) is 22.0 Å². The van der Waals surface area contributed by atoms with Gasteiger partial charge in [-0.1, -0.05) is 0 Å². The normalized spacial score (nSPS) is 11.0. The molecule has 0 fully saturated rings. The van der Waals surface area contributed by atoms with E-state index in [1.54, 1.807) is 0 Å². The van der Waals surface area contributed by atoms with Gasteiger partial charge in [-0.2, -0.15) is 22.0 Å². The average Bonchev–Trinajstić information content (AvgIpc) is 1.60. The number of allylic oxidation sites excluding steroid dienone is 1. The summed E-state index contributed by atoms with van der Waals surface area (Å²) >= 11 is 0.